The van der Waals surface area contributed by atoms with Gasteiger partial charge in [-0.3, -0.25) is 0 Å². The van der Waals surface area contributed by atoms with Crippen LogP contribution >= 0.6 is 0 Å². The Labute approximate surface area is 139 Å². The quantitative estimate of drug-likeness (QED) is 0.631. The van der Waals surface area contributed by atoms with Crippen molar-refractivity contribution in [3.8, 4) is 5.75 Å². The lowest BCUT2D eigenvalue weighted by Gasteiger charge is -2.20. The number of fused-ring (bicyclic) bond motifs is 1. The first-order valence-corrected chi connectivity index (χ1v) is 7.81. The van der Waals surface area contributed by atoms with Gasteiger partial charge in [-0.2, -0.15) is 0 Å². The third-order valence-corrected chi connectivity index (χ3v) is 4.25. The Morgan fingerprint density at radius 1 is 1.17 bits per heavy atom. The summed E-state index contributed by atoms with van der Waals surface area (Å²) < 4.78 is 19.0. The van der Waals surface area contributed by atoms with Gasteiger partial charge in [0, 0.05) is 5.56 Å². The summed E-state index contributed by atoms with van der Waals surface area (Å²) in [5.74, 6) is -0.580. The molecule has 4 nitrogen and oxygen atoms in total. The van der Waals surface area contributed by atoms with E-state index in [1.807, 2.05) is 19.1 Å². The van der Waals surface area contributed by atoms with Gasteiger partial charge in [-0.1, -0.05) is 17.3 Å². The van der Waals surface area contributed by atoms with Gasteiger partial charge < -0.3 is 9.57 Å². The predicted molar refractivity (Wildman–Crippen MR) is 89.0 cm³/mol. The van der Waals surface area contributed by atoms with Crippen molar-refractivity contribution in [2.75, 3.05) is 7.11 Å². The van der Waals surface area contributed by atoms with Crippen LogP contribution in [0.3, 0.4) is 0 Å². The molecule has 24 heavy (non-hydrogen) atoms. The topological polar surface area (TPSA) is 47.9 Å². The third-order valence-electron chi connectivity index (χ3n) is 4.25. The van der Waals surface area contributed by atoms with Gasteiger partial charge in [0.05, 0.1) is 18.4 Å². The number of rotatable bonds is 3. The van der Waals surface area contributed by atoms with Crippen LogP contribution in [0.4, 0.5) is 4.39 Å². The molecule has 0 saturated heterocycles. The third kappa shape index (κ3) is 3.02. The maximum absolute atomic E-state index is 13.6. The summed E-state index contributed by atoms with van der Waals surface area (Å²) in [5.41, 5.74) is 3.76. The molecular weight excluding hydrogens is 309 g/mol. The molecule has 0 fully saturated rings. The number of ether oxygens (including phenoxy) is 1. The van der Waals surface area contributed by atoms with Crippen molar-refractivity contribution in [2.24, 2.45) is 5.16 Å². The number of carbonyl (C=O) groups excluding carboxylic acids is 1. The number of nitrogens with zero attached hydrogens (tertiary/aromatic N) is 1. The van der Waals surface area contributed by atoms with E-state index < -0.39 is 11.8 Å². The molecule has 5 heteroatoms. The van der Waals surface area contributed by atoms with Crippen LogP contribution in [0.25, 0.3) is 0 Å². The molecule has 0 heterocycles. The second-order valence-electron chi connectivity index (χ2n) is 5.67. The lowest BCUT2D eigenvalue weighted by atomic mass is 9.87. The first kappa shape index (κ1) is 16.2. The summed E-state index contributed by atoms with van der Waals surface area (Å²) in [7, 11) is 1.64. The van der Waals surface area contributed by atoms with Crippen LogP contribution in [0.1, 0.15) is 39.9 Å². The van der Waals surface area contributed by atoms with Crippen LogP contribution in [0.2, 0.25) is 0 Å². The highest BCUT2D eigenvalue weighted by Gasteiger charge is 2.21. The molecule has 0 unspecified atom stereocenters. The molecular formula is C19H18FNO3. The minimum Gasteiger partial charge on any atom is -0.496 e. The molecule has 3 rings (SSSR count). The second-order valence-corrected chi connectivity index (χ2v) is 5.67. The number of halogens is 1. The Morgan fingerprint density at radius 3 is 2.71 bits per heavy atom. The molecule has 2 aromatic carbocycles. The van der Waals surface area contributed by atoms with Gasteiger partial charge in [0.2, 0.25) is 0 Å². The molecule has 0 aromatic heterocycles. The molecule has 0 amide bonds. The number of benzene rings is 2. The minimum atomic E-state index is -0.794. The van der Waals surface area contributed by atoms with Crippen LogP contribution in [-0.4, -0.2) is 18.8 Å². The summed E-state index contributed by atoms with van der Waals surface area (Å²) in [4.78, 5) is 17.0. The molecule has 0 atom stereocenters. The van der Waals surface area contributed by atoms with Crippen molar-refractivity contribution in [3.05, 3.63) is 64.5 Å². The smallest absolute Gasteiger partial charge is 0.368 e. The minimum absolute atomic E-state index is 0.121. The molecule has 1 aliphatic rings. The van der Waals surface area contributed by atoms with Gasteiger partial charge >= 0.3 is 5.97 Å². The highest BCUT2D eigenvalue weighted by molar-refractivity contribution is 6.03. The fraction of sp³-hybridized carbons (Fsp3) is 0.263. The molecule has 0 aliphatic heterocycles. The van der Waals surface area contributed by atoms with Gasteiger partial charge in [0.15, 0.2) is 0 Å². The van der Waals surface area contributed by atoms with E-state index >= 15 is 0 Å². The predicted octanol–water partition coefficient (Wildman–Crippen LogP) is 4.04. The van der Waals surface area contributed by atoms with Crippen molar-refractivity contribution in [1.29, 1.82) is 0 Å². The monoisotopic (exact) mass is 327 g/mol. The number of hydrogen-bond acceptors (Lipinski definition) is 4. The number of oxime groups is 1. The zero-order chi connectivity index (χ0) is 17.1. The largest absolute Gasteiger partial charge is 0.496 e. The summed E-state index contributed by atoms with van der Waals surface area (Å²) >= 11 is 0. The molecule has 1 aliphatic carbocycles. The Balaban J connectivity index is 1.87. The van der Waals surface area contributed by atoms with Crippen molar-refractivity contribution in [1.82, 2.24) is 0 Å². The molecule has 0 spiro atoms. The Morgan fingerprint density at radius 2 is 1.96 bits per heavy atom. The lowest BCUT2D eigenvalue weighted by molar-refractivity contribution is 0.0510. The average molecular weight is 327 g/mol. The van der Waals surface area contributed by atoms with E-state index in [4.69, 9.17) is 9.57 Å². The van der Waals surface area contributed by atoms with E-state index in [1.165, 1.54) is 18.2 Å². The fourth-order valence-corrected chi connectivity index (χ4v) is 2.98. The molecule has 0 radical (unpaired) electrons. The van der Waals surface area contributed by atoms with Gasteiger partial charge in [-0.15, -0.1) is 0 Å². The first-order valence-electron chi connectivity index (χ1n) is 7.81. The van der Waals surface area contributed by atoms with E-state index in [-0.39, 0.29) is 5.56 Å². The standard InChI is InChI=1S/C19H18FNO3/c1-12-13-7-5-9-17(14(13)10-11-18(12)23-2)21-24-19(22)15-6-3-4-8-16(15)20/h3-4,6,8,10-11H,5,7,9H2,1-2H3/b21-17-. The summed E-state index contributed by atoms with van der Waals surface area (Å²) in [5, 5.41) is 4.00. The Hall–Kier alpha value is -2.69. The Bertz CT molecular complexity index is 814. The summed E-state index contributed by atoms with van der Waals surface area (Å²) in [6.45, 7) is 2.01. The van der Waals surface area contributed by atoms with Crippen LogP contribution in [0.5, 0.6) is 5.75 Å². The number of carbonyl (C=O) groups is 1. The van der Waals surface area contributed by atoms with Crippen LogP contribution in [0.15, 0.2) is 41.6 Å². The van der Waals surface area contributed by atoms with E-state index in [0.29, 0.717) is 12.1 Å². The molecule has 0 bridgehead atoms. The van der Waals surface area contributed by atoms with Crippen LogP contribution in [0, 0.1) is 12.7 Å². The highest BCUT2D eigenvalue weighted by atomic mass is 19.1. The normalized spacial score (nSPS) is 15.0. The molecule has 0 saturated carbocycles. The van der Waals surface area contributed by atoms with Crippen molar-refractivity contribution in [2.45, 2.75) is 26.2 Å². The lowest BCUT2D eigenvalue weighted by Crippen LogP contribution is -2.15. The molecule has 2 aromatic rings. The maximum atomic E-state index is 13.6. The van der Waals surface area contributed by atoms with Gasteiger partial charge in [0.25, 0.3) is 0 Å². The summed E-state index contributed by atoms with van der Waals surface area (Å²) in [6, 6.07) is 9.50. The van der Waals surface area contributed by atoms with Crippen molar-refractivity contribution >= 4 is 11.7 Å². The van der Waals surface area contributed by atoms with E-state index in [2.05, 4.69) is 5.16 Å². The summed E-state index contributed by atoms with van der Waals surface area (Å²) in [6.07, 6.45) is 2.55. The molecule has 124 valence electrons. The SMILES string of the molecule is COc1ccc2c(c1C)CCC/C2=N/OC(=O)c1ccccc1F. The van der Waals surface area contributed by atoms with Crippen molar-refractivity contribution < 1.29 is 18.8 Å². The average Bonchev–Trinajstić information content (AvgIpc) is 2.60. The number of hydrogen-bond donors (Lipinski definition) is 0. The zero-order valence-electron chi connectivity index (χ0n) is 13.6. The number of methoxy groups -OCH3 is 1. The van der Waals surface area contributed by atoms with Crippen LogP contribution in [-0.2, 0) is 11.3 Å². The van der Waals surface area contributed by atoms with Gasteiger partial charge in [0.1, 0.15) is 11.6 Å². The first-order chi connectivity index (χ1) is 11.6. The second kappa shape index (κ2) is 6.83. The van der Waals surface area contributed by atoms with Gasteiger partial charge in [-0.05, 0) is 61.6 Å². The van der Waals surface area contributed by atoms with Crippen molar-refractivity contribution in [3.63, 3.8) is 0 Å². The van der Waals surface area contributed by atoms with Gasteiger partial charge in [-0.25, -0.2) is 9.18 Å². The van der Waals surface area contributed by atoms with Crippen LogP contribution < -0.4 is 4.74 Å². The van der Waals surface area contributed by atoms with E-state index in [0.717, 1.165) is 35.3 Å². The highest BCUT2D eigenvalue weighted by Crippen LogP contribution is 2.30. The maximum Gasteiger partial charge on any atom is 0.368 e. The van der Waals surface area contributed by atoms with E-state index in [9.17, 15) is 9.18 Å². The zero-order valence-corrected chi connectivity index (χ0v) is 13.6. The molecule has 0 N–H and O–H groups in total. The van der Waals surface area contributed by atoms with E-state index in [1.54, 1.807) is 13.2 Å². The fourth-order valence-electron chi connectivity index (χ4n) is 2.98. The Kier molecular flexibility index (Phi) is 4.60.